The molecule has 8 nitrogen and oxygen atoms in total. The van der Waals surface area contributed by atoms with E-state index >= 15 is 0 Å². The Morgan fingerprint density at radius 1 is 1.19 bits per heavy atom. The maximum Gasteiger partial charge on any atom is 0.387 e. The van der Waals surface area contributed by atoms with Crippen molar-refractivity contribution in [2.24, 2.45) is 0 Å². The van der Waals surface area contributed by atoms with Crippen LogP contribution < -0.4 is 10.1 Å². The number of nitriles is 1. The molecule has 0 aliphatic heterocycles. The molecule has 12 heteroatoms. The van der Waals surface area contributed by atoms with E-state index in [-0.39, 0.29) is 11.4 Å². The van der Waals surface area contributed by atoms with Gasteiger partial charge in [0.2, 0.25) is 0 Å². The molecule has 31 heavy (non-hydrogen) atoms. The Kier molecular flexibility index (Phi) is 6.44. The second-order valence-electron chi connectivity index (χ2n) is 6.21. The van der Waals surface area contributed by atoms with Crippen molar-refractivity contribution in [3.8, 4) is 17.6 Å². The van der Waals surface area contributed by atoms with Gasteiger partial charge in [-0.25, -0.2) is 18.7 Å². The number of nitrogens with one attached hydrogen (secondary N) is 1. The molecule has 1 N–H and O–H groups in total. The number of amides is 1. The molecule has 0 aliphatic rings. The molecule has 0 unspecified atom stereocenters. The first-order chi connectivity index (χ1) is 14.8. The molecule has 3 aromatic rings. The van der Waals surface area contributed by atoms with Crippen molar-refractivity contribution in [3.05, 3.63) is 65.4 Å². The number of rotatable bonds is 7. The summed E-state index contributed by atoms with van der Waals surface area (Å²) in [5, 5.41) is 15.4. The maximum atomic E-state index is 13.1. The molecule has 1 amide bonds. The van der Waals surface area contributed by atoms with Gasteiger partial charge in [-0.15, -0.1) is 0 Å². The summed E-state index contributed by atoms with van der Waals surface area (Å²) in [5.41, 5.74) is -0.587. The number of benzene rings is 1. The smallest absolute Gasteiger partial charge is 0.387 e. The van der Waals surface area contributed by atoms with Crippen LogP contribution in [0.25, 0.3) is 5.82 Å². The van der Waals surface area contributed by atoms with Gasteiger partial charge in [0.05, 0.1) is 11.6 Å². The summed E-state index contributed by atoms with van der Waals surface area (Å²) in [4.78, 5) is 20.8. The quantitative estimate of drug-likeness (QED) is 0.570. The minimum Gasteiger partial charge on any atom is -0.435 e. The van der Waals surface area contributed by atoms with E-state index in [1.54, 1.807) is 6.92 Å². The molecule has 2 heterocycles. The number of ether oxygens (including phenoxy) is 1. The molecular weight excluding hydrogens is 420 g/mol. The van der Waals surface area contributed by atoms with Crippen LogP contribution >= 0.6 is 0 Å². The summed E-state index contributed by atoms with van der Waals surface area (Å²) < 4.78 is 56.6. The maximum absolute atomic E-state index is 13.1. The van der Waals surface area contributed by atoms with E-state index in [0.29, 0.717) is 11.4 Å². The van der Waals surface area contributed by atoms with Gasteiger partial charge in [-0.05, 0) is 37.3 Å². The predicted molar refractivity (Wildman–Crippen MR) is 97.8 cm³/mol. The Labute approximate surface area is 173 Å². The van der Waals surface area contributed by atoms with Crippen LogP contribution in [0.15, 0.2) is 42.9 Å². The minimum absolute atomic E-state index is 0.264. The molecule has 0 fully saturated rings. The van der Waals surface area contributed by atoms with Crippen LogP contribution in [0.4, 0.5) is 17.6 Å². The summed E-state index contributed by atoms with van der Waals surface area (Å²) in [7, 11) is 0. The van der Waals surface area contributed by atoms with Gasteiger partial charge in [0, 0.05) is 17.3 Å². The minimum atomic E-state index is -3.23. The van der Waals surface area contributed by atoms with Crippen molar-refractivity contribution in [1.29, 1.82) is 5.26 Å². The average Bonchev–Trinajstić information content (AvgIpc) is 3.23. The van der Waals surface area contributed by atoms with Gasteiger partial charge in [-0.2, -0.15) is 23.8 Å². The molecule has 0 aliphatic carbocycles. The zero-order valence-electron chi connectivity index (χ0n) is 15.8. The molecule has 0 spiro atoms. The van der Waals surface area contributed by atoms with Crippen molar-refractivity contribution >= 4 is 5.91 Å². The van der Waals surface area contributed by atoms with Crippen LogP contribution in [-0.4, -0.2) is 32.3 Å². The zero-order valence-corrected chi connectivity index (χ0v) is 15.8. The summed E-state index contributed by atoms with van der Waals surface area (Å²) >= 11 is 0. The molecule has 0 saturated heterocycles. The molecule has 160 valence electrons. The highest BCUT2D eigenvalue weighted by Gasteiger charge is 2.21. The third-order valence-electron chi connectivity index (χ3n) is 4.07. The van der Waals surface area contributed by atoms with Crippen LogP contribution in [0.2, 0.25) is 0 Å². The Hall–Kier alpha value is -4.01. The summed E-state index contributed by atoms with van der Waals surface area (Å²) in [5.74, 6) is -0.772. The lowest BCUT2D eigenvalue weighted by Crippen LogP contribution is -2.29. The summed E-state index contributed by atoms with van der Waals surface area (Å²) in [6.45, 7) is -1.67. The van der Waals surface area contributed by atoms with E-state index in [2.05, 4.69) is 25.1 Å². The number of carbonyl (C=O) groups is 1. The normalized spacial score (nSPS) is 11.9. The monoisotopic (exact) mass is 434 g/mol. The van der Waals surface area contributed by atoms with E-state index in [1.807, 2.05) is 6.07 Å². The standard InChI is InChI=1S/C19H14F4N6O2/c1-10(17-26-9-27-29(17)15-3-2-11(7-24)8-25-15)28-18(30)13-4-12(16(20)21)5-14(6-13)31-19(22)23/h2-6,8-10,16,19H,1H3,(H,28,30)/t10-/m0/s1. The third kappa shape index (κ3) is 5.13. The van der Waals surface area contributed by atoms with Crippen molar-refractivity contribution in [2.75, 3.05) is 0 Å². The van der Waals surface area contributed by atoms with Gasteiger partial charge >= 0.3 is 6.61 Å². The lowest BCUT2D eigenvalue weighted by molar-refractivity contribution is -0.0500. The van der Waals surface area contributed by atoms with Gasteiger partial charge < -0.3 is 10.1 Å². The fourth-order valence-electron chi connectivity index (χ4n) is 2.69. The Balaban J connectivity index is 1.84. The van der Waals surface area contributed by atoms with Crippen molar-refractivity contribution in [1.82, 2.24) is 25.1 Å². The van der Waals surface area contributed by atoms with E-state index in [1.165, 1.54) is 29.3 Å². The number of pyridine rings is 1. The topological polar surface area (TPSA) is 106 Å². The molecule has 1 aromatic carbocycles. The predicted octanol–water partition coefficient (Wildman–Crippen LogP) is 3.56. The number of nitrogens with zero attached hydrogens (tertiary/aromatic N) is 5. The lowest BCUT2D eigenvalue weighted by atomic mass is 10.1. The van der Waals surface area contributed by atoms with Gasteiger partial charge in [-0.3, -0.25) is 4.79 Å². The van der Waals surface area contributed by atoms with Gasteiger partial charge in [0.15, 0.2) is 11.6 Å². The average molecular weight is 434 g/mol. The van der Waals surface area contributed by atoms with Gasteiger partial charge in [0.25, 0.3) is 12.3 Å². The van der Waals surface area contributed by atoms with Gasteiger partial charge in [-0.1, -0.05) is 0 Å². The largest absolute Gasteiger partial charge is 0.435 e. The first-order valence-corrected chi connectivity index (χ1v) is 8.73. The Morgan fingerprint density at radius 3 is 2.58 bits per heavy atom. The summed E-state index contributed by atoms with van der Waals surface area (Å²) in [6.07, 6.45) is -0.426. The van der Waals surface area contributed by atoms with Crippen molar-refractivity contribution < 1.29 is 27.1 Å². The number of halogens is 4. The Morgan fingerprint density at radius 2 is 1.97 bits per heavy atom. The number of carbonyl (C=O) groups excluding carboxylic acids is 1. The van der Waals surface area contributed by atoms with Crippen LogP contribution in [0.1, 0.15) is 46.7 Å². The van der Waals surface area contributed by atoms with Crippen molar-refractivity contribution in [3.63, 3.8) is 0 Å². The van der Waals surface area contributed by atoms with E-state index in [4.69, 9.17) is 5.26 Å². The highest BCUT2D eigenvalue weighted by molar-refractivity contribution is 5.95. The second-order valence-corrected chi connectivity index (χ2v) is 6.21. The highest BCUT2D eigenvalue weighted by Crippen LogP contribution is 2.27. The first kappa shape index (κ1) is 21.7. The van der Waals surface area contributed by atoms with Crippen LogP contribution in [0, 0.1) is 11.3 Å². The SMILES string of the molecule is C[C@H](NC(=O)c1cc(OC(F)F)cc(C(F)F)c1)c1ncnn1-c1ccc(C#N)cn1. The molecule has 3 rings (SSSR count). The zero-order chi connectivity index (χ0) is 22.5. The van der Waals surface area contributed by atoms with Gasteiger partial charge in [0.1, 0.15) is 18.1 Å². The highest BCUT2D eigenvalue weighted by atomic mass is 19.3. The van der Waals surface area contributed by atoms with E-state index in [0.717, 1.165) is 18.2 Å². The molecular formula is C19H14F4N6O2. The molecule has 2 aromatic heterocycles. The van der Waals surface area contributed by atoms with Crippen LogP contribution in [-0.2, 0) is 0 Å². The molecule has 1 atom stereocenters. The van der Waals surface area contributed by atoms with Crippen LogP contribution in [0.5, 0.6) is 5.75 Å². The fraction of sp³-hybridized carbons (Fsp3) is 0.211. The Bertz CT molecular complexity index is 1110. The third-order valence-corrected chi connectivity index (χ3v) is 4.07. The van der Waals surface area contributed by atoms with Crippen LogP contribution in [0.3, 0.4) is 0 Å². The number of hydrogen-bond donors (Lipinski definition) is 1. The number of alkyl halides is 4. The molecule has 0 bridgehead atoms. The lowest BCUT2D eigenvalue weighted by Gasteiger charge is -2.15. The first-order valence-electron chi connectivity index (χ1n) is 8.73. The summed E-state index contributed by atoms with van der Waals surface area (Å²) in [6, 6.07) is 6.80. The van der Waals surface area contributed by atoms with Crippen molar-refractivity contribution in [2.45, 2.75) is 26.0 Å². The van der Waals surface area contributed by atoms with E-state index < -0.39 is 36.3 Å². The number of hydrogen-bond acceptors (Lipinski definition) is 6. The molecule has 0 saturated carbocycles. The second kappa shape index (κ2) is 9.21. The molecule has 0 radical (unpaired) electrons. The number of aromatic nitrogens is 4. The fourth-order valence-corrected chi connectivity index (χ4v) is 2.69. The van der Waals surface area contributed by atoms with E-state index in [9.17, 15) is 22.4 Å².